The number of likely N-dealkylation sites (tertiary alicyclic amines) is 1. The third-order valence-corrected chi connectivity index (χ3v) is 6.20. The Bertz CT molecular complexity index is 1020. The van der Waals surface area contributed by atoms with Crippen molar-refractivity contribution in [2.45, 2.75) is 18.8 Å². The van der Waals surface area contributed by atoms with Crippen LogP contribution < -0.4 is 0 Å². The van der Waals surface area contributed by atoms with E-state index in [1.165, 1.54) is 22.9 Å². The van der Waals surface area contributed by atoms with E-state index >= 15 is 0 Å². The molecule has 0 spiro atoms. The molecule has 2 heterocycles. The Hall–Kier alpha value is -3.06. The maximum Gasteiger partial charge on any atom is 0.276 e. The average Bonchev–Trinajstić information content (AvgIpc) is 3.16. The van der Waals surface area contributed by atoms with E-state index in [2.05, 4.69) is 6.07 Å². The van der Waals surface area contributed by atoms with E-state index < -0.39 is 4.92 Å². The summed E-state index contributed by atoms with van der Waals surface area (Å²) in [7, 11) is 0. The number of rotatable bonds is 4. The minimum absolute atomic E-state index is 0.00101. The predicted molar refractivity (Wildman–Crippen MR) is 110 cm³/mol. The van der Waals surface area contributed by atoms with Crippen molar-refractivity contribution >= 4 is 39.2 Å². The summed E-state index contributed by atoms with van der Waals surface area (Å²) in [6, 6.07) is 14.6. The van der Waals surface area contributed by atoms with Gasteiger partial charge < -0.3 is 4.90 Å². The molecule has 4 rings (SSSR count). The van der Waals surface area contributed by atoms with Gasteiger partial charge in [-0.15, -0.1) is 11.3 Å². The van der Waals surface area contributed by atoms with Crippen LogP contribution in [0.2, 0.25) is 0 Å². The summed E-state index contributed by atoms with van der Waals surface area (Å²) >= 11 is 1.73. The molecule has 0 saturated carbocycles. The molecule has 0 unspecified atom stereocenters. The van der Waals surface area contributed by atoms with E-state index in [9.17, 15) is 14.9 Å². The smallest absolute Gasteiger partial charge is 0.276 e. The molecule has 0 N–H and O–H groups in total. The van der Waals surface area contributed by atoms with Crippen LogP contribution in [-0.2, 0) is 4.79 Å². The van der Waals surface area contributed by atoms with Crippen LogP contribution in [0.15, 0.2) is 54.6 Å². The fourth-order valence-electron chi connectivity index (χ4n) is 3.47. The first-order valence-electron chi connectivity index (χ1n) is 9.17. The lowest BCUT2D eigenvalue weighted by atomic mass is 9.97. The Labute approximate surface area is 166 Å². The van der Waals surface area contributed by atoms with Crippen LogP contribution in [0.1, 0.15) is 29.3 Å². The van der Waals surface area contributed by atoms with E-state index in [1.54, 1.807) is 34.4 Å². The number of nitrogens with zero attached hydrogens (tertiary/aromatic N) is 3. The van der Waals surface area contributed by atoms with Crippen molar-refractivity contribution in [3.05, 3.63) is 75.3 Å². The Morgan fingerprint density at radius 1 is 1.14 bits per heavy atom. The van der Waals surface area contributed by atoms with Gasteiger partial charge in [-0.2, -0.15) is 0 Å². The van der Waals surface area contributed by atoms with Crippen molar-refractivity contribution in [3.63, 3.8) is 0 Å². The summed E-state index contributed by atoms with van der Waals surface area (Å²) in [4.78, 5) is 29.7. The first-order valence-corrected chi connectivity index (χ1v) is 9.99. The van der Waals surface area contributed by atoms with Gasteiger partial charge in [0.15, 0.2) is 0 Å². The van der Waals surface area contributed by atoms with E-state index in [-0.39, 0.29) is 11.6 Å². The topological polar surface area (TPSA) is 76.3 Å². The third kappa shape index (κ3) is 3.80. The quantitative estimate of drug-likeness (QED) is 0.368. The highest BCUT2D eigenvalue weighted by atomic mass is 32.1. The first kappa shape index (κ1) is 18.3. The number of nitro groups is 1. The molecule has 1 fully saturated rings. The van der Waals surface area contributed by atoms with E-state index in [0.717, 1.165) is 23.4 Å². The standard InChI is InChI=1S/C21H19N3O3S/c25-20(10-9-15-5-1-3-7-18(15)24(26)27)23-13-11-16(12-14-23)21-22-17-6-2-4-8-19(17)28-21/h1-10,16H,11-14H2/b10-9+. The molecule has 1 aromatic heterocycles. The Kier molecular flexibility index (Phi) is 5.16. The zero-order valence-corrected chi connectivity index (χ0v) is 16.0. The molecular formula is C21H19N3O3S. The minimum atomic E-state index is -0.437. The number of nitro benzene ring substituents is 1. The molecule has 2 aromatic carbocycles. The number of aromatic nitrogens is 1. The molecule has 0 aliphatic carbocycles. The zero-order valence-electron chi connectivity index (χ0n) is 15.2. The summed E-state index contributed by atoms with van der Waals surface area (Å²) in [5.41, 5.74) is 1.47. The number of benzene rings is 2. The highest BCUT2D eigenvalue weighted by Gasteiger charge is 2.25. The molecule has 1 aliphatic heterocycles. The molecular weight excluding hydrogens is 374 g/mol. The summed E-state index contributed by atoms with van der Waals surface area (Å²) in [6.07, 6.45) is 4.72. The summed E-state index contributed by atoms with van der Waals surface area (Å²) in [5.74, 6) is 0.265. The van der Waals surface area contributed by atoms with Crippen LogP contribution >= 0.6 is 11.3 Å². The first-order chi connectivity index (χ1) is 13.6. The molecule has 1 saturated heterocycles. The molecule has 0 atom stereocenters. The normalized spacial score (nSPS) is 15.4. The predicted octanol–water partition coefficient (Wildman–Crippen LogP) is 4.62. The highest BCUT2D eigenvalue weighted by molar-refractivity contribution is 7.18. The van der Waals surface area contributed by atoms with Crippen LogP contribution in [0.3, 0.4) is 0 Å². The van der Waals surface area contributed by atoms with Crippen molar-refractivity contribution in [2.75, 3.05) is 13.1 Å². The number of thiazole rings is 1. The number of fused-ring (bicyclic) bond motifs is 1. The number of para-hydroxylation sites is 2. The van der Waals surface area contributed by atoms with Crippen LogP contribution in [0.25, 0.3) is 16.3 Å². The van der Waals surface area contributed by atoms with Gasteiger partial charge in [0.2, 0.25) is 5.91 Å². The molecule has 1 amide bonds. The van der Waals surface area contributed by atoms with Gasteiger partial charge in [0, 0.05) is 31.1 Å². The minimum Gasteiger partial charge on any atom is -0.339 e. The molecule has 1 aliphatic rings. The highest BCUT2D eigenvalue weighted by Crippen LogP contribution is 2.33. The van der Waals surface area contributed by atoms with Crippen molar-refractivity contribution in [3.8, 4) is 0 Å². The summed E-state index contributed by atoms with van der Waals surface area (Å²) in [5, 5.41) is 12.2. The fourth-order valence-corrected chi connectivity index (χ4v) is 4.61. The van der Waals surface area contributed by atoms with Crippen molar-refractivity contribution in [2.24, 2.45) is 0 Å². The lowest BCUT2D eigenvalue weighted by Crippen LogP contribution is -2.36. The Balaban J connectivity index is 1.39. The number of carbonyl (C=O) groups is 1. The molecule has 7 heteroatoms. The molecule has 28 heavy (non-hydrogen) atoms. The van der Waals surface area contributed by atoms with Gasteiger partial charge in [0.25, 0.3) is 5.69 Å². The average molecular weight is 393 g/mol. The van der Waals surface area contributed by atoms with Crippen molar-refractivity contribution in [1.29, 1.82) is 0 Å². The molecule has 142 valence electrons. The number of hydrogen-bond donors (Lipinski definition) is 0. The second-order valence-corrected chi connectivity index (χ2v) is 7.83. The monoisotopic (exact) mass is 393 g/mol. The maximum absolute atomic E-state index is 12.5. The lowest BCUT2D eigenvalue weighted by Gasteiger charge is -2.30. The number of amides is 1. The molecule has 6 nitrogen and oxygen atoms in total. The largest absolute Gasteiger partial charge is 0.339 e. The van der Waals surface area contributed by atoms with Gasteiger partial charge in [-0.3, -0.25) is 14.9 Å². The van der Waals surface area contributed by atoms with Gasteiger partial charge in [-0.1, -0.05) is 24.3 Å². The van der Waals surface area contributed by atoms with Gasteiger partial charge >= 0.3 is 0 Å². The zero-order chi connectivity index (χ0) is 19.5. The van der Waals surface area contributed by atoms with Gasteiger partial charge in [0.1, 0.15) is 0 Å². The maximum atomic E-state index is 12.5. The third-order valence-electron chi connectivity index (χ3n) is 5.01. The van der Waals surface area contributed by atoms with Crippen molar-refractivity contribution < 1.29 is 9.72 Å². The second kappa shape index (κ2) is 7.90. The molecule has 0 radical (unpaired) electrons. The van der Waals surface area contributed by atoms with Gasteiger partial charge in [-0.05, 0) is 37.1 Å². The fraction of sp³-hybridized carbons (Fsp3) is 0.238. The van der Waals surface area contributed by atoms with Gasteiger partial charge in [0.05, 0.1) is 25.7 Å². The summed E-state index contributed by atoms with van der Waals surface area (Å²) < 4.78 is 1.20. The van der Waals surface area contributed by atoms with E-state index in [1.807, 2.05) is 18.2 Å². The number of piperidine rings is 1. The van der Waals surface area contributed by atoms with Crippen molar-refractivity contribution in [1.82, 2.24) is 9.88 Å². The van der Waals surface area contributed by atoms with Gasteiger partial charge in [-0.25, -0.2) is 4.98 Å². The number of carbonyl (C=O) groups excluding carboxylic acids is 1. The Morgan fingerprint density at radius 3 is 2.61 bits per heavy atom. The second-order valence-electron chi connectivity index (χ2n) is 6.77. The van der Waals surface area contributed by atoms with E-state index in [0.29, 0.717) is 24.6 Å². The SMILES string of the molecule is O=C(/C=C/c1ccccc1[N+](=O)[O-])N1CCC(c2nc3ccccc3s2)CC1. The lowest BCUT2D eigenvalue weighted by molar-refractivity contribution is -0.385. The van der Waals surface area contributed by atoms with Crippen LogP contribution in [0.4, 0.5) is 5.69 Å². The van der Waals surface area contributed by atoms with Crippen LogP contribution in [0, 0.1) is 10.1 Å². The number of hydrogen-bond acceptors (Lipinski definition) is 5. The van der Waals surface area contributed by atoms with E-state index in [4.69, 9.17) is 4.98 Å². The molecule has 3 aromatic rings. The summed E-state index contributed by atoms with van der Waals surface area (Å²) in [6.45, 7) is 1.33. The van der Waals surface area contributed by atoms with Crippen LogP contribution in [0.5, 0.6) is 0 Å². The van der Waals surface area contributed by atoms with Crippen LogP contribution in [-0.4, -0.2) is 33.8 Å². The molecule has 0 bridgehead atoms. The Morgan fingerprint density at radius 2 is 1.86 bits per heavy atom.